The van der Waals surface area contributed by atoms with Crippen molar-refractivity contribution in [2.24, 2.45) is 0 Å². The predicted octanol–water partition coefficient (Wildman–Crippen LogP) is 4.09. The summed E-state index contributed by atoms with van der Waals surface area (Å²) in [6.07, 6.45) is 1.94. The van der Waals surface area contributed by atoms with E-state index < -0.39 is 17.7 Å². The van der Waals surface area contributed by atoms with Gasteiger partial charge < -0.3 is 19.4 Å². The van der Waals surface area contributed by atoms with E-state index in [0.717, 1.165) is 21.9 Å². The maximum Gasteiger partial charge on any atom is 0.407 e. The lowest BCUT2D eigenvalue weighted by Crippen LogP contribution is -2.41. The molecule has 1 atom stereocenters. The van der Waals surface area contributed by atoms with E-state index in [4.69, 9.17) is 9.47 Å². The van der Waals surface area contributed by atoms with Crippen LogP contribution in [-0.4, -0.2) is 52.8 Å². The molecule has 4 rings (SSSR count). The summed E-state index contributed by atoms with van der Waals surface area (Å²) >= 11 is 0. The monoisotopic (exact) mass is 506 g/mol. The van der Waals surface area contributed by atoms with Crippen LogP contribution in [0.25, 0.3) is 21.9 Å². The molecule has 196 valence electrons. The number of piperidine rings is 1. The van der Waals surface area contributed by atoms with E-state index in [1.165, 1.54) is 0 Å². The summed E-state index contributed by atoms with van der Waals surface area (Å²) in [5.41, 5.74) is 1.83. The van der Waals surface area contributed by atoms with Crippen molar-refractivity contribution in [1.29, 1.82) is 0 Å². The first-order chi connectivity index (χ1) is 17.7. The van der Waals surface area contributed by atoms with E-state index in [9.17, 15) is 14.4 Å². The third kappa shape index (κ3) is 7.08. The van der Waals surface area contributed by atoms with Gasteiger partial charge in [0, 0.05) is 35.5 Å². The zero-order valence-electron chi connectivity index (χ0n) is 22.0. The van der Waals surface area contributed by atoms with Gasteiger partial charge in [0.25, 0.3) is 0 Å². The van der Waals surface area contributed by atoms with Gasteiger partial charge in [0.05, 0.1) is 12.1 Å². The fourth-order valence-electron chi connectivity index (χ4n) is 4.00. The number of alkyl carbamates (subject to hydrolysis) is 1. The molecule has 1 fully saturated rings. The van der Waals surface area contributed by atoms with Crippen molar-refractivity contribution in [3.8, 4) is 11.8 Å². The lowest BCUT2D eigenvalue weighted by molar-refractivity contribution is -0.135. The lowest BCUT2D eigenvalue weighted by Gasteiger charge is -2.23. The Labute approximate surface area is 216 Å². The Hall–Kier alpha value is -3.90. The van der Waals surface area contributed by atoms with Gasteiger partial charge in [-0.15, -0.1) is 0 Å². The highest BCUT2D eigenvalue weighted by Gasteiger charge is 2.30. The maximum absolute atomic E-state index is 12.6. The smallest absolute Gasteiger partial charge is 0.407 e. The van der Waals surface area contributed by atoms with E-state index in [-0.39, 0.29) is 18.4 Å². The largest absolute Gasteiger partial charge is 0.444 e. The summed E-state index contributed by atoms with van der Waals surface area (Å²) in [5.74, 6) is 5.52. The summed E-state index contributed by atoms with van der Waals surface area (Å²) < 4.78 is 12.5. The number of aromatic nitrogens is 2. The number of hydrogen-bond donors (Lipinski definition) is 2. The molecule has 1 aromatic carbocycles. The zero-order chi connectivity index (χ0) is 27.0. The van der Waals surface area contributed by atoms with Gasteiger partial charge in [0.1, 0.15) is 23.9 Å². The van der Waals surface area contributed by atoms with Crippen LogP contribution in [0.4, 0.5) is 4.79 Å². The molecule has 1 saturated heterocycles. The molecule has 0 saturated carbocycles. The van der Waals surface area contributed by atoms with Crippen LogP contribution in [0.15, 0.2) is 36.5 Å². The minimum Gasteiger partial charge on any atom is -0.444 e. The minimum absolute atomic E-state index is 0.216. The number of pyridine rings is 1. The van der Waals surface area contributed by atoms with Crippen molar-refractivity contribution in [2.75, 3.05) is 19.8 Å². The number of imide groups is 1. The number of rotatable bonds is 5. The van der Waals surface area contributed by atoms with Gasteiger partial charge in [-0.2, -0.15) is 0 Å². The quantitative estimate of drug-likeness (QED) is 0.306. The van der Waals surface area contributed by atoms with Crippen molar-refractivity contribution < 1.29 is 23.9 Å². The zero-order valence-corrected chi connectivity index (χ0v) is 22.0. The number of carbonyl (C=O) groups is 3. The summed E-state index contributed by atoms with van der Waals surface area (Å²) in [6, 6.07) is 9.11. The van der Waals surface area contributed by atoms with Gasteiger partial charge >= 0.3 is 6.09 Å². The second-order valence-corrected chi connectivity index (χ2v) is 9.23. The number of hydrogen-bond acceptors (Lipinski definition) is 6. The lowest BCUT2D eigenvalue weighted by atomic mass is 10.1. The highest BCUT2D eigenvalue weighted by Crippen LogP contribution is 2.33. The molecular formula is C28H34N4O5. The predicted molar refractivity (Wildman–Crippen MR) is 142 cm³/mol. The summed E-state index contributed by atoms with van der Waals surface area (Å²) in [6.45, 7) is 10.3. The Morgan fingerprint density at radius 2 is 2.00 bits per heavy atom. The minimum atomic E-state index is -0.540. The molecule has 0 aliphatic carbocycles. The summed E-state index contributed by atoms with van der Waals surface area (Å²) in [7, 11) is 0. The second-order valence-electron chi connectivity index (χ2n) is 9.23. The molecule has 2 aromatic heterocycles. The molecular weight excluding hydrogens is 472 g/mol. The van der Waals surface area contributed by atoms with Gasteiger partial charge in [-0.05, 0) is 57.5 Å². The highest BCUT2D eigenvalue weighted by molar-refractivity contribution is 6.09. The van der Waals surface area contributed by atoms with Crippen molar-refractivity contribution in [1.82, 2.24) is 20.2 Å². The third-order valence-electron chi connectivity index (χ3n) is 5.40. The number of fused-ring (bicyclic) bond motifs is 3. The van der Waals surface area contributed by atoms with Crippen molar-refractivity contribution in [2.45, 2.75) is 59.1 Å². The maximum atomic E-state index is 12.6. The van der Waals surface area contributed by atoms with Crippen molar-refractivity contribution in [3.05, 3.63) is 42.1 Å². The van der Waals surface area contributed by atoms with Crippen LogP contribution in [0.3, 0.4) is 0 Å². The number of nitrogens with one attached hydrogen (secondary N) is 2. The second kappa shape index (κ2) is 12.4. The van der Waals surface area contributed by atoms with Crippen LogP contribution in [0, 0.1) is 11.8 Å². The number of benzene rings is 1. The first-order valence-corrected chi connectivity index (χ1v) is 12.5. The SMILES string of the molecule is CC.CC(C)(C)OC(=O)NCCOCC#Cc1ccc2c(c1)c1cccnc1n2C1CCC(=O)NC1=O. The van der Waals surface area contributed by atoms with E-state index >= 15 is 0 Å². The molecule has 0 radical (unpaired) electrons. The van der Waals surface area contributed by atoms with Crippen molar-refractivity contribution >= 4 is 39.8 Å². The van der Waals surface area contributed by atoms with E-state index in [1.54, 1.807) is 27.0 Å². The molecule has 1 aliphatic rings. The third-order valence-corrected chi connectivity index (χ3v) is 5.40. The molecule has 3 aromatic rings. The normalized spacial score (nSPS) is 15.3. The van der Waals surface area contributed by atoms with Crippen LogP contribution < -0.4 is 10.6 Å². The Morgan fingerprint density at radius 3 is 2.73 bits per heavy atom. The van der Waals surface area contributed by atoms with Gasteiger partial charge in [0.2, 0.25) is 11.8 Å². The van der Waals surface area contributed by atoms with Crippen LogP contribution in [-0.2, 0) is 19.1 Å². The number of nitrogens with zero attached hydrogens (tertiary/aromatic N) is 2. The molecule has 9 heteroatoms. The van der Waals surface area contributed by atoms with Crippen LogP contribution in [0.2, 0.25) is 0 Å². The molecule has 1 unspecified atom stereocenters. The van der Waals surface area contributed by atoms with Gasteiger partial charge in [-0.3, -0.25) is 14.9 Å². The summed E-state index contributed by atoms with van der Waals surface area (Å²) in [5, 5.41) is 6.91. The molecule has 0 bridgehead atoms. The molecule has 3 heterocycles. The Balaban J connectivity index is 0.00000186. The van der Waals surface area contributed by atoms with Gasteiger partial charge in [0.15, 0.2) is 0 Å². The van der Waals surface area contributed by atoms with Crippen LogP contribution >= 0.6 is 0 Å². The Kier molecular flexibility index (Phi) is 9.25. The fourth-order valence-corrected chi connectivity index (χ4v) is 4.00. The van der Waals surface area contributed by atoms with Crippen LogP contribution in [0.5, 0.6) is 0 Å². The molecule has 37 heavy (non-hydrogen) atoms. The molecule has 3 amide bonds. The number of carbonyl (C=O) groups excluding carboxylic acids is 3. The Morgan fingerprint density at radius 1 is 1.22 bits per heavy atom. The van der Waals surface area contributed by atoms with E-state index in [0.29, 0.717) is 31.6 Å². The Bertz CT molecular complexity index is 1340. The van der Waals surface area contributed by atoms with Crippen molar-refractivity contribution in [3.63, 3.8) is 0 Å². The number of ether oxygens (including phenoxy) is 2. The topological polar surface area (TPSA) is 112 Å². The van der Waals surface area contributed by atoms with E-state index in [1.807, 2.05) is 48.7 Å². The highest BCUT2D eigenvalue weighted by atomic mass is 16.6. The summed E-state index contributed by atoms with van der Waals surface area (Å²) in [4.78, 5) is 40.3. The molecule has 0 spiro atoms. The van der Waals surface area contributed by atoms with Gasteiger partial charge in [-0.1, -0.05) is 25.7 Å². The average Bonchev–Trinajstić information content (AvgIpc) is 3.17. The van der Waals surface area contributed by atoms with Crippen LogP contribution in [0.1, 0.15) is 59.1 Å². The number of amides is 3. The molecule has 9 nitrogen and oxygen atoms in total. The van der Waals surface area contributed by atoms with E-state index in [2.05, 4.69) is 27.5 Å². The first kappa shape index (κ1) is 27.7. The first-order valence-electron chi connectivity index (χ1n) is 12.5. The fraction of sp³-hybridized carbons (Fsp3) is 0.429. The van der Waals surface area contributed by atoms with Gasteiger partial charge in [-0.25, -0.2) is 9.78 Å². The average molecular weight is 507 g/mol. The molecule has 1 aliphatic heterocycles. The molecule has 2 N–H and O–H groups in total. The standard InChI is InChI=1S/C26H28N4O5.C2H6/c1-26(2,3)35-25(33)28-13-15-34-14-5-6-17-8-9-20-19(16-17)18-7-4-12-27-23(18)30(20)21-10-11-22(31)29-24(21)32;1-2/h4,7-9,12,16,21H,10-11,13-15H2,1-3H3,(H,28,33)(H,29,31,32);1-2H3.